The zero-order chi connectivity index (χ0) is 15.2. The summed E-state index contributed by atoms with van der Waals surface area (Å²) in [4.78, 5) is 11.4. The molecule has 1 amide bonds. The number of amides is 1. The van der Waals surface area contributed by atoms with Crippen LogP contribution in [0.5, 0.6) is 0 Å². The molecule has 1 aromatic carbocycles. The summed E-state index contributed by atoms with van der Waals surface area (Å²) in [6.07, 6.45) is 4.87. The van der Waals surface area contributed by atoms with Crippen LogP contribution in [0.1, 0.15) is 56.8 Å². The van der Waals surface area contributed by atoms with Gasteiger partial charge in [-0.3, -0.25) is 4.79 Å². The topological polar surface area (TPSA) is 81.1 Å². The van der Waals surface area contributed by atoms with Gasteiger partial charge in [0.15, 0.2) is 0 Å². The molecule has 4 nitrogen and oxygen atoms in total. The third kappa shape index (κ3) is 5.11. The van der Waals surface area contributed by atoms with Crippen molar-refractivity contribution in [3.63, 3.8) is 0 Å². The molecule has 1 rings (SSSR count). The Kier molecular flexibility index (Phi) is 5.86. The molecule has 0 unspecified atom stereocenters. The first-order valence-electron chi connectivity index (χ1n) is 7.29. The Morgan fingerprint density at radius 2 is 2.00 bits per heavy atom. The summed E-state index contributed by atoms with van der Waals surface area (Å²) in [5.74, 6) is -0.434. The first-order chi connectivity index (χ1) is 9.35. The smallest absolute Gasteiger partial charge is 0.250 e. The van der Waals surface area contributed by atoms with Gasteiger partial charge in [-0.1, -0.05) is 40.0 Å². The standard InChI is InChI=1S/C16H27N3O/c1-4-5-6-9-16(2,3)11-19-14-10-12(17)7-8-13(14)15(18)20/h7-8,10,19H,4-6,9,11,17H2,1-3H3,(H2,18,20). The average Bonchev–Trinajstić information content (AvgIpc) is 2.36. The van der Waals surface area contributed by atoms with Crippen molar-refractivity contribution in [3.05, 3.63) is 23.8 Å². The van der Waals surface area contributed by atoms with Crippen LogP contribution in [0.4, 0.5) is 11.4 Å². The second-order valence-corrected chi connectivity index (χ2v) is 6.14. The van der Waals surface area contributed by atoms with E-state index < -0.39 is 5.91 Å². The molecule has 0 aliphatic carbocycles. The molecule has 0 aromatic heterocycles. The summed E-state index contributed by atoms with van der Waals surface area (Å²) in [7, 11) is 0. The van der Waals surface area contributed by atoms with Crippen molar-refractivity contribution in [3.8, 4) is 0 Å². The molecular weight excluding hydrogens is 250 g/mol. The van der Waals surface area contributed by atoms with Crippen molar-refractivity contribution >= 4 is 17.3 Å². The third-order valence-corrected chi connectivity index (χ3v) is 3.52. The molecule has 0 saturated heterocycles. The summed E-state index contributed by atoms with van der Waals surface area (Å²) in [6, 6.07) is 5.13. The SMILES string of the molecule is CCCCCC(C)(C)CNc1cc(N)ccc1C(N)=O. The van der Waals surface area contributed by atoms with Crippen LogP contribution in [0.15, 0.2) is 18.2 Å². The van der Waals surface area contributed by atoms with Gasteiger partial charge in [0, 0.05) is 17.9 Å². The van der Waals surface area contributed by atoms with Crippen molar-refractivity contribution < 1.29 is 4.79 Å². The molecule has 20 heavy (non-hydrogen) atoms. The van der Waals surface area contributed by atoms with E-state index in [1.807, 2.05) is 0 Å². The van der Waals surface area contributed by atoms with Crippen LogP contribution in [0, 0.1) is 5.41 Å². The number of carbonyl (C=O) groups excluding carboxylic acids is 1. The van der Waals surface area contributed by atoms with Crippen LogP contribution in [0.2, 0.25) is 0 Å². The molecule has 5 N–H and O–H groups in total. The number of primary amides is 1. The fraction of sp³-hybridized carbons (Fsp3) is 0.562. The molecule has 0 saturated carbocycles. The molecule has 4 heteroatoms. The Bertz CT molecular complexity index is 455. The Morgan fingerprint density at radius 3 is 2.60 bits per heavy atom. The van der Waals surface area contributed by atoms with Gasteiger partial charge in [0.2, 0.25) is 0 Å². The van der Waals surface area contributed by atoms with E-state index in [1.54, 1.807) is 18.2 Å². The lowest BCUT2D eigenvalue weighted by Crippen LogP contribution is -2.24. The first kappa shape index (κ1) is 16.3. The highest BCUT2D eigenvalue weighted by Gasteiger charge is 2.18. The normalized spacial score (nSPS) is 11.3. The van der Waals surface area contributed by atoms with Gasteiger partial charge in [-0.25, -0.2) is 0 Å². The minimum Gasteiger partial charge on any atom is -0.399 e. The Labute approximate surface area is 121 Å². The first-order valence-corrected chi connectivity index (χ1v) is 7.29. The predicted octanol–water partition coefficient (Wildman–Crippen LogP) is 3.39. The van der Waals surface area contributed by atoms with Crippen molar-refractivity contribution in [2.75, 3.05) is 17.6 Å². The Balaban J connectivity index is 2.68. The number of unbranched alkanes of at least 4 members (excludes halogenated alkanes) is 2. The van der Waals surface area contributed by atoms with Gasteiger partial charge in [-0.2, -0.15) is 0 Å². The Hall–Kier alpha value is -1.71. The summed E-state index contributed by atoms with van der Waals surface area (Å²) in [5.41, 5.74) is 13.2. The van der Waals surface area contributed by atoms with E-state index in [0.717, 1.165) is 18.7 Å². The molecule has 0 bridgehead atoms. The number of nitrogens with two attached hydrogens (primary N) is 2. The summed E-state index contributed by atoms with van der Waals surface area (Å²) < 4.78 is 0. The number of carbonyl (C=O) groups is 1. The van der Waals surface area contributed by atoms with Gasteiger partial charge < -0.3 is 16.8 Å². The maximum absolute atomic E-state index is 11.4. The molecule has 0 heterocycles. The third-order valence-electron chi connectivity index (χ3n) is 3.52. The monoisotopic (exact) mass is 277 g/mol. The highest BCUT2D eigenvalue weighted by molar-refractivity contribution is 5.99. The summed E-state index contributed by atoms with van der Waals surface area (Å²) in [5, 5.41) is 3.32. The molecule has 112 valence electrons. The van der Waals surface area contributed by atoms with E-state index in [-0.39, 0.29) is 5.41 Å². The predicted molar refractivity (Wildman–Crippen MR) is 85.8 cm³/mol. The van der Waals surface area contributed by atoms with Gasteiger partial charge in [0.1, 0.15) is 0 Å². The lowest BCUT2D eigenvalue weighted by molar-refractivity contribution is 0.100. The van der Waals surface area contributed by atoms with Gasteiger partial charge in [-0.05, 0) is 30.0 Å². The van der Waals surface area contributed by atoms with Crippen LogP contribution in [-0.4, -0.2) is 12.5 Å². The quantitative estimate of drug-likeness (QED) is 0.503. The van der Waals surface area contributed by atoms with Gasteiger partial charge in [0.25, 0.3) is 5.91 Å². The number of nitrogen functional groups attached to an aromatic ring is 1. The van der Waals surface area contributed by atoms with Crippen molar-refractivity contribution in [2.45, 2.75) is 46.5 Å². The largest absolute Gasteiger partial charge is 0.399 e. The Morgan fingerprint density at radius 1 is 1.30 bits per heavy atom. The summed E-state index contributed by atoms with van der Waals surface area (Å²) in [6.45, 7) is 7.45. The average molecular weight is 277 g/mol. The molecule has 1 aromatic rings. The number of anilines is 2. The molecule has 0 radical (unpaired) electrons. The van der Waals surface area contributed by atoms with E-state index in [0.29, 0.717) is 11.3 Å². The number of hydrogen-bond donors (Lipinski definition) is 3. The van der Waals surface area contributed by atoms with Crippen LogP contribution in [0.25, 0.3) is 0 Å². The maximum Gasteiger partial charge on any atom is 0.250 e. The van der Waals surface area contributed by atoms with Crippen LogP contribution >= 0.6 is 0 Å². The lowest BCUT2D eigenvalue weighted by atomic mass is 9.86. The second-order valence-electron chi connectivity index (χ2n) is 6.14. The molecule has 0 atom stereocenters. The second kappa shape index (κ2) is 7.17. The molecule has 0 fully saturated rings. The molecule has 0 aliphatic rings. The maximum atomic E-state index is 11.4. The molecular formula is C16H27N3O. The number of benzene rings is 1. The van der Waals surface area contributed by atoms with Crippen molar-refractivity contribution in [2.24, 2.45) is 11.1 Å². The lowest BCUT2D eigenvalue weighted by Gasteiger charge is -2.26. The van der Waals surface area contributed by atoms with Gasteiger partial charge >= 0.3 is 0 Å². The summed E-state index contributed by atoms with van der Waals surface area (Å²) >= 11 is 0. The van der Waals surface area contributed by atoms with Crippen LogP contribution < -0.4 is 16.8 Å². The number of rotatable bonds is 8. The number of hydrogen-bond acceptors (Lipinski definition) is 3. The van der Waals surface area contributed by atoms with E-state index in [1.165, 1.54) is 19.3 Å². The van der Waals surface area contributed by atoms with E-state index in [2.05, 4.69) is 26.1 Å². The molecule has 0 spiro atoms. The minimum atomic E-state index is -0.434. The van der Waals surface area contributed by atoms with E-state index >= 15 is 0 Å². The van der Waals surface area contributed by atoms with Crippen LogP contribution in [0.3, 0.4) is 0 Å². The zero-order valence-corrected chi connectivity index (χ0v) is 12.8. The highest BCUT2D eigenvalue weighted by atomic mass is 16.1. The highest BCUT2D eigenvalue weighted by Crippen LogP contribution is 2.26. The van der Waals surface area contributed by atoms with Gasteiger partial charge in [0.05, 0.1) is 5.56 Å². The zero-order valence-electron chi connectivity index (χ0n) is 12.8. The van der Waals surface area contributed by atoms with E-state index in [4.69, 9.17) is 11.5 Å². The van der Waals surface area contributed by atoms with Crippen molar-refractivity contribution in [1.29, 1.82) is 0 Å². The fourth-order valence-electron chi connectivity index (χ4n) is 2.20. The molecule has 0 aliphatic heterocycles. The van der Waals surface area contributed by atoms with Gasteiger partial charge in [-0.15, -0.1) is 0 Å². The fourth-order valence-corrected chi connectivity index (χ4v) is 2.20. The number of nitrogens with one attached hydrogen (secondary N) is 1. The van der Waals surface area contributed by atoms with E-state index in [9.17, 15) is 4.79 Å². The van der Waals surface area contributed by atoms with Crippen LogP contribution in [-0.2, 0) is 0 Å². The minimum absolute atomic E-state index is 0.175. The van der Waals surface area contributed by atoms with Crippen molar-refractivity contribution in [1.82, 2.24) is 0 Å².